The zero-order valence-electron chi connectivity index (χ0n) is 15.8. The maximum atomic E-state index is 11.6. The molecule has 0 saturated heterocycles. The van der Waals surface area contributed by atoms with Gasteiger partial charge in [-0.2, -0.15) is 0 Å². The maximum Gasteiger partial charge on any atom is 0.312 e. The van der Waals surface area contributed by atoms with E-state index in [4.69, 9.17) is 9.15 Å². The second kappa shape index (κ2) is 7.96. The van der Waals surface area contributed by atoms with Gasteiger partial charge in [0.05, 0.1) is 4.92 Å². The Balaban J connectivity index is 1.66. The van der Waals surface area contributed by atoms with Crippen molar-refractivity contribution in [2.45, 2.75) is 6.92 Å². The highest BCUT2D eigenvalue weighted by Crippen LogP contribution is 2.35. The van der Waals surface area contributed by atoms with Crippen molar-refractivity contribution in [3.8, 4) is 34.4 Å². The standard InChI is InChI=1S/C22H15N3O5/c1-14(26)16-8-5-9-18(12-16)29-20-11-10-17(13-19(20)25(27)28)22-24-23-21(30-22)15-6-3-2-4-7-15/h2-13H,1H3. The van der Waals surface area contributed by atoms with Crippen LogP contribution < -0.4 is 4.74 Å². The van der Waals surface area contributed by atoms with Crippen molar-refractivity contribution >= 4 is 11.5 Å². The number of benzene rings is 3. The fraction of sp³-hybridized carbons (Fsp3) is 0.0455. The van der Waals surface area contributed by atoms with Gasteiger partial charge in [-0.15, -0.1) is 10.2 Å². The zero-order valence-corrected chi connectivity index (χ0v) is 15.8. The molecule has 0 radical (unpaired) electrons. The summed E-state index contributed by atoms with van der Waals surface area (Å²) >= 11 is 0. The molecule has 0 aliphatic carbocycles. The molecular weight excluding hydrogens is 386 g/mol. The number of nitro groups is 1. The van der Waals surface area contributed by atoms with Crippen LogP contribution in [0.15, 0.2) is 77.2 Å². The Morgan fingerprint density at radius 3 is 2.37 bits per heavy atom. The van der Waals surface area contributed by atoms with E-state index in [-0.39, 0.29) is 23.1 Å². The second-order valence-corrected chi connectivity index (χ2v) is 6.40. The minimum atomic E-state index is -0.553. The van der Waals surface area contributed by atoms with Crippen molar-refractivity contribution in [3.05, 3.63) is 88.5 Å². The van der Waals surface area contributed by atoms with Crippen LogP contribution in [0.3, 0.4) is 0 Å². The number of nitrogens with zero attached hydrogens (tertiary/aromatic N) is 3. The number of Topliss-reactive ketones (excluding diaryl/α,β-unsaturated/α-hetero) is 1. The van der Waals surface area contributed by atoms with Gasteiger partial charge >= 0.3 is 5.69 Å². The molecule has 0 fully saturated rings. The normalized spacial score (nSPS) is 10.6. The molecule has 8 heteroatoms. The van der Waals surface area contributed by atoms with Crippen LogP contribution in [0, 0.1) is 10.1 Å². The molecule has 0 atom stereocenters. The molecule has 0 N–H and O–H groups in total. The van der Waals surface area contributed by atoms with E-state index in [2.05, 4.69) is 10.2 Å². The highest BCUT2D eigenvalue weighted by Gasteiger charge is 2.20. The van der Waals surface area contributed by atoms with Gasteiger partial charge in [0.1, 0.15) is 5.75 Å². The third kappa shape index (κ3) is 3.93. The number of ether oxygens (including phenoxy) is 1. The monoisotopic (exact) mass is 401 g/mol. The minimum absolute atomic E-state index is 0.0345. The predicted octanol–water partition coefficient (Wildman–Crippen LogP) is 5.31. The van der Waals surface area contributed by atoms with Gasteiger partial charge in [-0.1, -0.05) is 30.3 Å². The molecule has 1 heterocycles. The Kier molecular flexibility index (Phi) is 5.04. The first-order valence-electron chi connectivity index (χ1n) is 8.98. The third-order valence-electron chi connectivity index (χ3n) is 4.32. The lowest BCUT2D eigenvalue weighted by molar-refractivity contribution is -0.385. The molecule has 0 aliphatic heterocycles. The molecule has 0 saturated carbocycles. The van der Waals surface area contributed by atoms with E-state index in [1.807, 2.05) is 30.3 Å². The third-order valence-corrected chi connectivity index (χ3v) is 4.32. The van der Waals surface area contributed by atoms with Crippen molar-refractivity contribution < 1.29 is 18.9 Å². The van der Waals surface area contributed by atoms with Gasteiger partial charge in [0, 0.05) is 22.8 Å². The molecule has 3 aromatic carbocycles. The van der Waals surface area contributed by atoms with E-state index in [1.54, 1.807) is 24.3 Å². The van der Waals surface area contributed by atoms with Crippen molar-refractivity contribution in [2.75, 3.05) is 0 Å². The summed E-state index contributed by atoms with van der Waals surface area (Å²) < 4.78 is 11.3. The number of carbonyl (C=O) groups is 1. The molecule has 0 spiro atoms. The van der Waals surface area contributed by atoms with Crippen LogP contribution in [0.5, 0.6) is 11.5 Å². The van der Waals surface area contributed by atoms with Crippen LogP contribution >= 0.6 is 0 Å². The lowest BCUT2D eigenvalue weighted by Crippen LogP contribution is -1.96. The van der Waals surface area contributed by atoms with E-state index >= 15 is 0 Å². The Hall–Kier alpha value is -4.33. The molecule has 1 aromatic heterocycles. The smallest absolute Gasteiger partial charge is 0.312 e. The van der Waals surface area contributed by atoms with E-state index in [1.165, 1.54) is 25.1 Å². The number of rotatable bonds is 6. The highest BCUT2D eigenvalue weighted by atomic mass is 16.6. The fourth-order valence-electron chi connectivity index (χ4n) is 2.82. The van der Waals surface area contributed by atoms with Gasteiger partial charge in [0.15, 0.2) is 5.78 Å². The zero-order chi connectivity index (χ0) is 21.1. The van der Waals surface area contributed by atoms with Crippen molar-refractivity contribution in [3.63, 3.8) is 0 Å². The molecule has 4 rings (SSSR count). The molecule has 30 heavy (non-hydrogen) atoms. The maximum absolute atomic E-state index is 11.6. The van der Waals surface area contributed by atoms with Crippen LogP contribution in [0.2, 0.25) is 0 Å². The Bertz CT molecular complexity index is 1230. The van der Waals surface area contributed by atoms with Gasteiger partial charge in [-0.05, 0) is 43.3 Å². The van der Waals surface area contributed by atoms with Gasteiger partial charge < -0.3 is 9.15 Å². The lowest BCUT2D eigenvalue weighted by Gasteiger charge is -2.08. The van der Waals surface area contributed by atoms with Crippen molar-refractivity contribution in [2.24, 2.45) is 0 Å². The SMILES string of the molecule is CC(=O)c1cccc(Oc2ccc(-c3nnc(-c4ccccc4)o3)cc2[N+](=O)[O-])c1. The Labute approximate surface area is 170 Å². The largest absolute Gasteiger partial charge is 0.450 e. The van der Waals surface area contributed by atoms with E-state index in [0.717, 1.165) is 5.56 Å². The lowest BCUT2D eigenvalue weighted by atomic mass is 10.1. The van der Waals surface area contributed by atoms with Gasteiger partial charge in [-0.3, -0.25) is 14.9 Å². The van der Waals surface area contributed by atoms with Gasteiger partial charge in [0.2, 0.25) is 17.5 Å². The number of hydrogen-bond donors (Lipinski definition) is 0. The fourth-order valence-corrected chi connectivity index (χ4v) is 2.82. The van der Waals surface area contributed by atoms with Crippen LogP contribution in [-0.4, -0.2) is 20.9 Å². The van der Waals surface area contributed by atoms with Crippen LogP contribution in [0.25, 0.3) is 22.9 Å². The number of aromatic nitrogens is 2. The molecule has 0 unspecified atom stereocenters. The molecule has 0 amide bonds. The second-order valence-electron chi connectivity index (χ2n) is 6.40. The molecule has 148 valence electrons. The molecule has 8 nitrogen and oxygen atoms in total. The average molecular weight is 401 g/mol. The van der Waals surface area contributed by atoms with Crippen molar-refractivity contribution in [1.82, 2.24) is 10.2 Å². The summed E-state index contributed by atoms with van der Waals surface area (Å²) in [6, 6.07) is 20.0. The van der Waals surface area contributed by atoms with Crippen LogP contribution in [0.1, 0.15) is 17.3 Å². The first kappa shape index (κ1) is 19.0. The predicted molar refractivity (Wildman–Crippen MR) is 108 cm³/mol. The summed E-state index contributed by atoms with van der Waals surface area (Å²) in [4.78, 5) is 22.6. The van der Waals surface area contributed by atoms with Gasteiger partial charge in [0.25, 0.3) is 0 Å². The quantitative estimate of drug-likeness (QED) is 0.245. The topological polar surface area (TPSA) is 108 Å². The highest BCUT2D eigenvalue weighted by molar-refractivity contribution is 5.94. The summed E-state index contributed by atoms with van der Waals surface area (Å²) in [5.74, 6) is 0.697. The van der Waals surface area contributed by atoms with E-state index < -0.39 is 4.92 Å². The molecule has 0 bridgehead atoms. The summed E-state index contributed by atoms with van der Waals surface area (Å²) in [6.07, 6.45) is 0. The summed E-state index contributed by atoms with van der Waals surface area (Å²) in [5.41, 5.74) is 1.32. The first-order valence-corrected chi connectivity index (χ1v) is 8.98. The average Bonchev–Trinajstić information content (AvgIpc) is 3.25. The molecule has 0 aliphatic rings. The number of hydrogen-bond acceptors (Lipinski definition) is 7. The number of ketones is 1. The Morgan fingerprint density at radius 2 is 1.67 bits per heavy atom. The molecular formula is C22H15N3O5. The van der Waals surface area contributed by atoms with Crippen LogP contribution in [-0.2, 0) is 0 Å². The Morgan fingerprint density at radius 1 is 0.933 bits per heavy atom. The van der Waals surface area contributed by atoms with Gasteiger partial charge in [-0.25, -0.2) is 0 Å². The van der Waals surface area contributed by atoms with Crippen molar-refractivity contribution in [1.29, 1.82) is 0 Å². The minimum Gasteiger partial charge on any atom is -0.450 e. The summed E-state index contributed by atoms with van der Waals surface area (Å²) in [6.45, 7) is 1.43. The molecule has 4 aromatic rings. The first-order chi connectivity index (χ1) is 14.5. The summed E-state index contributed by atoms with van der Waals surface area (Å²) in [7, 11) is 0. The summed E-state index contributed by atoms with van der Waals surface area (Å²) in [5, 5.41) is 19.6. The van der Waals surface area contributed by atoms with Crippen LogP contribution in [0.4, 0.5) is 5.69 Å². The van der Waals surface area contributed by atoms with E-state index in [9.17, 15) is 14.9 Å². The van der Waals surface area contributed by atoms with E-state index in [0.29, 0.717) is 22.8 Å². The number of carbonyl (C=O) groups excluding carboxylic acids is 1. The number of nitro benzene ring substituents is 1.